The Morgan fingerprint density at radius 3 is 2.76 bits per heavy atom. The molecule has 0 unspecified atom stereocenters. The Bertz CT molecular complexity index is 1230. The smallest absolute Gasteiger partial charge is 0.227 e. The molecule has 172 valence electrons. The minimum absolute atomic E-state index is 0.0247. The highest BCUT2D eigenvalue weighted by molar-refractivity contribution is 7.85. The van der Waals surface area contributed by atoms with Crippen LogP contribution in [0.15, 0.2) is 29.2 Å². The van der Waals surface area contributed by atoms with Gasteiger partial charge in [0.2, 0.25) is 5.95 Å². The molecule has 1 saturated carbocycles. The van der Waals surface area contributed by atoms with Gasteiger partial charge in [0, 0.05) is 48.5 Å². The van der Waals surface area contributed by atoms with Crippen molar-refractivity contribution in [3.63, 3.8) is 0 Å². The normalized spacial score (nSPS) is 20.8. The third-order valence-corrected chi connectivity index (χ3v) is 8.47. The van der Waals surface area contributed by atoms with Gasteiger partial charge >= 0.3 is 0 Å². The van der Waals surface area contributed by atoms with E-state index in [4.69, 9.17) is 9.97 Å². The molecule has 0 radical (unpaired) electrons. The van der Waals surface area contributed by atoms with Crippen molar-refractivity contribution in [2.75, 3.05) is 29.1 Å². The van der Waals surface area contributed by atoms with Crippen LogP contribution in [0.2, 0.25) is 0 Å². The minimum Gasteiger partial charge on any atom is -0.394 e. The number of aliphatic hydroxyl groups excluding tert-OH is 1. The lowest BCUT2D eigenvalue weighted by Crippen LogP contribution is -2.48. The molecule has 1 atom stereocenters. The van der Waals surface area contributed by atoms with E-state index in [0.717, 1.165) is 60.4 Å². The van der Waals surface area contributed by atoms with Gasteiger partial charge in [-0.25, -0.2) is 9.37 Å². The molecule has 10 heteroatoms. The largest absolute Gasteiger partial charge is 0.394 e. The van der Waals surface area contributed by atoms with E-state index in [1.807, 2.05) is 0 Å². The van der Waals surface area contributed by atoms with Crippen LogP contribution in [0.1, 0.15) is 36.2 Å². The number of hydrogen-bond donors (Lipinski definition) is 3. The van der Waals surface area contributed by atoms with Crippen LogP contribution in [-0.4, -0.2) is 53.9 Å². The maximum atomic E-state index is 13.4. The van der Waals surface area contributed by atoms with E-state index >= 15 is 0 Å². The number of nitrogens with one attached hydrogen (secondary N) is 2. The predicted octanol–water partition coefficient (Wildman–Crippen LogP) is 2.56. The van der Waals surface area contributed by atoms with Crippen molar-refractivity contribution in [1.82, 2.24) is 20.2 Å². The number of aromatic nitrogens is 4. The Morgan fingerprint density at radius 2 is 2.03 bits per heavy atom. The number of hydrogen-bond acceptors (Lipinski definition) is 7. The van der Waals surface area contributed by atoms with Crippen molar-refractivity contribution in [1.29, 1.82) is 0 Å². The summed E-state index contributed by atoms with van der Waals surface area (Å²) in [6, 6.07) is 6.36. The molecule has 1 aliphatic carbocycles. The maximum Gasteiger partial charge on any atom is 0.227 e. The summed E-state index contributed by atoms with van der Waals surface area (Å²) in [7, 11) is -1.13. The highest BCUT2D eigenvalue weighted by Crippen LogP contribution is 2.39. The molecule has 0 spiro atoms. The van der Waals surface area contributed by atoms with Crippen molar-refractivity contribution < 1.29 is 13.7 Å². The van der Waals surface area contributed by atoms with Gasteiger partial charge in [-0.2, -0.15) is 10.1 Å². The first-order valence-corrected chi connectivity index (χ1v) is 12.6. The van der Waals surface area contributed by atoms with E-state index in [1.165, 1.54) is 12.1 Å². The summed E-state index contributed by atoms with van der Waals surface area (Å²) < 4.78 is 26.1. The molecular weight excluding hydrogens is 443 g/mol. The zero-order valence-electron chi connectivity index (χ0n) is 18.1. The lowest BCUT2D eigenvalue weighted by atomic mass is 9.77. The Morgan fingerprint density at radius 1 is 1.21 bits per heavy atom. The summed E-state index contributed by atoms with van der Waals surface area (Å²) in [5, 5.41) is 21.0. The number of nitrogens with zero attached hydrogens (tertiary/aromatic N) is 4. The zero-order valence-corrected chi connectivity index (χ0v) is 18.9. The summed E-state index contributed by atoms with van der Waals surface area (Å²) in [6.45, 7) is 1.33. The summed E-state index contributed by atoms with van der Waals surface area (Å²) >= 11 is 0. The monoisotopic (exact) mass is 468 g/mol. The van der Waals surface area contributed by atoms with Crippen LogP contribution in [0.5, 0.6) is 0 Å². The van der Waals surface area contributed by atoms with E-state index in [9.17, 15) is 13.7 Å². The summed E-state index contributed by atoms with van der Waals surface area (Å²) in [5.41, 5.74) is 4.23. The van der Waals surface area contributed by atoms with Gasteiger partial charge in [-0.15, -0.1) is 0 Å². The van der Waals surface area contributed by atoms with Crippen LogP contribution < -0.4 is 10.2 Å². The standard InChI is InChI=1S/C23H25FN6O2S/c24-15-4-2-14(3-5-15)19-16-12-30(10-6-17(16)28-29-19)22-25-18-7-11-33(32)20(18)21(26-22)27-23(13-31)8-1-9-23/h2-5,31H,1,6-13H2,(H,28,29)(H,25,26,27)/t33-/m0/s1. The van der Waals surface area contributed by atoms with Gasteiger partial charge in [-0.1, -0.05) is 0 Å². The van der Waals surface area contributed by atoms with Gasteiger partial charge in [-0.3, -0.25) is 9.31 Å². The zero-order chi connectivity index (χ0) is 22.6. The van der Waals surface area contributed by atoms with Gasteiger partial charge in [-0.05, 0) is 43.5 Å². The van der Waals surface area contributed by atoms with Crippen molar-refractivity contribution in [2.45, 2.75) is 49.1 Å². The van der Waals surface area contributed by atoms with E-state index in [0.29, 0.717) is 35.4 Å². The van der Waals surface area contributed by atoms with Crippen LogP contribution in [0.25, 0.3) is 11.3 Å². The first-order valence-electron chi connectivity index (χ1n) is 11.3. The number of H-pyrrole nitrogens is 1. The van der Waals surface area contributed by atoms with Crippen molar-refractivity contribution >= 4 is 22.6 Å². The van der Waals surface area contributed by atoms with Crippen molar-refractivity contribution in [3.05, 3.63) is 47.0 Å². The molecule has 2 aliphatic heterocycles. The molecule has 1 aromatic carbocycles. The van der Waals surface area contributed by atoms with E-state index in [-0.39, 0.29) is 18.0 Å². The second-order valence-electron chi connectivity index (χ2n) is 9.07. The number of aromatic amines is 1. The fourth-order valence-corrected chi connectivity index (χ4v) is 6.21. The summed E-state index contributed by atoms with van der Waals surface area (Å²) in [4.78, 5) is 12.4. The minimum atomic E-state index is -1.13. The van der Waals surface area contributed by atoms with Gasteiger partial charge in [0.15, 0.2) is 0 Å². The van der Waals surface area contributed by atoms with Crippen molar-refractivity contribution in [3.8, 4) is 11.3 Å². The third kappa shape index (κ3) is 3.52. The lowest BCUT2D eigenvalue weighted by Gasteiger charge is -2.41. The van der Waals surface area contributed by atoms with E-state index in [2.05, 4.69) is 20.4 Å². The van der Waals surface area contributed by atoms with Crippen LogP contribution in [-0.2, 0) is 30.2 Å². The Hall–Kier alpha value is -2.85. The molecule has 8 nitrogen and oxygen atoms in total. The Kier molecular flexibility index (Phi) is 4.95. The molecule has 0 amide bonds. The highest BCUT2D eigenvalue weighted by atomic mass is 32.2. The first-order chi connectivity index (χ1) is 16.0. The molecule has 0 saturated heterocycles. The van der Waals surface area contributed by atoms with Crippen LogP contribution >= 0.6 is 0 Å². The number of rotatable bonds is 5. The van der Waals surface area contributed by atoms with Gasteiger partial charge in [0.05, 0.1) is 34.3 Å². The van der Waals surface area contributed by atoms with Crippen molar-refractivity contribution in [2.24, 2.45) is 0 Å². The van der Waals surface area contributed by atoms with Gasteiger partial charge < -0.3 is 15.3 Å². The van der Waals surface area contributed by atoms with Crippen LogP contribution in [0, 0.1) is 5.82 Å². The fourth-order valence-electron chi connectivity index (χ4n) is 4.90. The van der Waals surface area contributed by atoms with Crippen LogP contribution in [0.3, 0.4) is 0 Å². The Labute approximate surface area is 193 Å². The molecule has 6 rings (SSSR count). The van der Waals surface area contributed by atoms with Crippen LogP contribution in [0.4, 0.5) is 16.2 Å². The topological polar surface area (TPSA) is 107 Å². The fraction of sp³-hybridized carbons (Fsp3) is 0.435. The molecule has 3 N–H and O–H groups in total. The third-order valence-electron chi connectivity index (χ3n) is 7.01. The molecule has 3 aliphatic rings. The summed E-state index contributed by atoms with van der Waals surface area (Å²) in [5.74, 6) is 1.46. The first kappa shape index (κ1) is 20.7. The molecule has 4 heterocycles. The number of halogens is 1. The number of fused-ring (bicyclic) bond motifs is 2. The summed E-state index contributed by atoms with van der Waals surface area (Å²) in [6.07, 6.45) is 4.21. The van der Waals surface area contributed by atoms with Gasteiger partial charge in [0.25, 0.3) is 0 Å². The highest BCUT2D eigenvalue weighted by Gasteiger charge is 2.39. The Balaban J connectivity index is 1.35. The molecule has 2 aromatic heterocycles. The average Bonchev–Trinajstić information content (AvgIpc) is 3.40. The SMILES string of the molecule is O=[S@]1CCc2nc(N3CCc4[nH]nc(-c5ccc(F)cc5)c4C3)nc(NC3(CO)CCC3)c21. The number of aryl methyl sites for hydroxylation is 1. The second kappa shape index (κ2) is 7.88. The number of anilines is 2. The molecule has 1 fully saturated rings. The maximum absolute atomic E-state index is 13.4. The average molecular weight is 469 g/mol. The molecule has 33 heavy (non-hydrogen) atoms. The molecular formula is C23H25FN6O2S. The number of aliphatic hydroxyl groups is 1. The lowest BCUT2D eigenvalue weighted by molar-refractivity contribution is 0.143. The quantitative estimate of drug-likeness (QED) is 0.528. The van der Waals surface area contributed by atoms with E-state index < -0.39 is 10.8 Å². The van der Waals surface area contributed by atoms with Gasteiger partial charge in [0.1, 0.15) is 16.5 Å². The molecule has 3 aromatic rings. The molecule has 0 bridgehead atoms. The number of benzene rings is 1. The predicted molar refractivity (Wildman–Crippen MR) is 123 cm³/mol. The second-order valence-corrected chi connectivity index (χ2v) is 10.6. The van der Waals surface area contributed by atoms with E-state index in [1.54, 1.807) is 12.1 Å².